The van der Waals surface area contributed by atoms with Crippen molar-refractivity contribution in [1.82, 2.24) is 5.32 Å². The zero-order valence-electron chi connectivity index (χ0n) is 14.9. The summed E-state index contributed by atoms with van der Waals surface area (Å²) in [6.07, 6.45) is 0. The summed E-state index contributed by atoms with van der Waals surface area (Å²) in [5.41, 5.74) is 0.696. The van der Waals surface area contributed by atoms with Crippen LogP contribution in [0.1, 0.15) is 17.3 Å². The van der Waals surface area contributed by atoms with Gasteiger partial charge in [0.15, 0.2) is 6.61 Å². The first-order valence-corrected chi connectivity index (χ1v) is 9.66. The molecule has 2 rings (SSSR count). The second kappa shape index (κ2) is 9.11. The molecule has 2 aromatic carbocycles. The van der Waals surface area contributed by atoms with E-state index in [2.05, 4.69) is 10.6 Å². The van der Waals surface area contributed by atoms with Crippen molar-refractivity contribution in [3.63, 3.8) is 0 Å². The quantitative estimate of drug-likeness (QED) is 0.576. The number of amides is 2. The molecular weight excluding hydrogens is 386 g/mol. The zero-order chi connectivity index (χ0) is 20.7. The summed E-state index contributed by atoms with van der Waals surface area (Å²) in [6.45, 7) is 0.869. The highest BCUT2D eigenvalue weighted by Gasteiger charge is 2.19. The van der Waals surface area contributed by atoms with Gasteiger partial charge in [-0.15, -0.1) is 0 Å². The van der Waals surface area contributed by atoms with Crippen molar-refractivity contribution >= 4 is 33.5 Å². The minimum absolute atomic E-state index is 0.0973. The summed E-state index contributed by atoms with van der Waals surface area (Å²) in [7, 11) is -3.83. The third-order valence-electron chi connectivity index (χ3n) is 3.55. The molecule has 0 heterocycles. The van der Waals surface area contributed by atoms with Crippen LogP contribution in [0.2, 0.25) is 0 Å². The van der Waals surface area contributed by atoms with Crippen LogP contribution in [0.3, 0.4) is 0 Å². The standard InChI is InChI=1S/C18H19N3O6S/c1-12(20-17(23)13-5-3-2-4-6-13)18(24)27-11-16(22)21-14-7-9-15(10-8-14)28(19,25)26/h2-10,12H,11H2,1H3,(H,20,23)(H,21,22)(H2,19,25,26)/t12-/m1/s1. The number of primary sulfonamides is 1. The zero-order valence-corrected chi connectivity index (χ0v) is 15.7. The topological polar surface area (TPSA) is 145 Å². The molecule has 0 unspecified atom stereocenters. The second-order valence-electron chi connectivity index (χ2n) is 5.79. The van der Waals surface area contributed by atoms with Crippen LogP contribution in [0.4, 0.5) is 5.69 Å². The summed E-state index contributed by atoms with van der Waals surface area (Å²) in [4.78, 5) is 35.7. The summed E-state index contributed by atoms with van der Waals surface area (Å²) < 4.78 is 27.2. The molecule has 0 spiro atoms. The molecule has 0 aliphatic heterocycles. The van der Waals surface area contributed by atoms with Crippen LogP contribution in [0.25, 0.3) is 0 Å². The van der Waals surface area contributed by atoms with Gasteiger partial charge in [-0.2, -0.15) is 0 Å². The average molecular weight is 405 g/mol. The largest absolute Gasteiger partial charge is 0.454 e. The number of rotatable bonds is 7. The molecule has 0 aliphatic carbocycles. The van der Waals surface area contributed by atoms with E-state index >= 15 is 0 Å². The molecule has 4 N–H and O–H groups in total. The minimum atomic E-state index is -3.83. The Hall–Kier alpha value is -3.24. The van der Waals surface area contributed by atoms with Crippen molar-refractivity contribution in [1.29, 1.82) is 0 Å². The highest BCUT2D eigenvalue weighted by atomic mass is 32.2. The van der Waals surface area contributed by atoms with Gasteiger partial charge < -0.3 is 15.4 Å². The summed E-state index contributed by atoms with van der Waals surface area (Å²) in [5.74, 6) is -1.84. The van der Waals surface area contributed by atoms with Crippen molar-refractivity contribution in [2.75, 3.05) is 11.9 Å². The number of benzene rings is 2. The first-order valence-electron chi connectivity index (χ1n) is 8.12. The van der Waals surface area contributed by atoms with Crippen molar-refractivity contribution < 1.29 is 27.5 Å². The third kappa shape index (κ3) is 6.18. The minimum Gasteiger partial charge on any atom is -0.454 e. The molecule has 148 valence electrons. The van der Waals surface area contributed by atoms with Gasteiger partial charge in [0.1, 0.15) is 6.04 Å². The van der Waals surface area contributed by atoms with Gasteiger partial charge >= 0.3 is 5.97 Å². The fraction of sp³-hybridized carbons (Fsp3) is 0.167. The lowest BCUT2D eigenvalue weighted by molar-refractivity contribution is -0.148. The Morgan fingerprint density at radius 3 is 2.21 bits per heavy atom. The van der Waals surface area contributed by atoms with Gasteiger partial charge in [0.2, 0.25) is 10.0 Å². The van der Waals surface area contributed by atoms with E-state index in [0.717, 1.165) is 0 Å². The molecule has 1 atom stereocenters. The lowest BCUT2D eigenvalue weighted by Crippen LogP contribution is -2.40. The molecule has 0 saturated carbocycles. The van der Waals surface area contributed by atoms with E-state index in [1.807, 2.05) is 0 Å². The van der Waals surface area contributed by atoms with Crippen LogP contribution < -0.4 is 15.8 Å². The summed E-state index contributed by atoms with van der Waals surface area (Å²) in [6, 6.07) is 12.6. The molecule has 0 bridgehead atoms. The van der Waals surface area contributed by atoms with E-state index in [1.165, 1.54) is 31.2 Å². The lowest BCUT2D eigenvalue weighted by atomic mass is 10.2. The Morgan fingerprint density at radius 2 is 1.64 bits per heavy atom. The average Bonchev–Trinajstić information content (AvgIpc) is 2.66. The van der Waals surface area contributed by atoms with Crippen molar-refractivity contribution in [3.05, 3.63) is 60.2 Å². The number of ether oxygens (including phenoxy) is 1. The maximum absolute atomic E-state index is 12.0. The fourth-order valence-corrected chi connectivity index (χ4v) is 2.63. The van der Waals surface area contributed by atoms with Crippen molar-refractivity contribution in [2.45, 2.75) is 17.9 Å². The number of sulfonamides is 1. The van der Waals surface area contributed by atoms with Gasteiger partial charge in [-0.25, -0.2) is 18.4 Å². The summed E-state index contributed by atoms with van der Waals surface area (Å²) >= 11 is 0. The molecule has 0 radical (unpaired) electrons. The van der Waals surface area contributed by atoms with Gasteiger partial charge in [0.25, 0.3) is 11.8 Å². The van der Waals surface area contributed by atoms with Gasteiger partial charge in [-0.3, -0.25) is 9.59 Å². The molecule has 0 saturated heterocycles. The Bertz CT molecular complexity index is 959. The molecular formula is C18H19N3O6S. The molecule has 0 aromatic heterocycles. The lowest BCUT2D eigenvalue weighted by Gasteiger charge is -2.13. The molecule has 0 aliphatic rings. The number of carbonyl (C=O) groups excluding carboxylic acids is 3. The summed E-state index contributed by atoms with van der Waals surface area (Å²) in [5, 5.41) is 9.90. The van der Waals surface area contributed by atoms with E-state index in [1.54, 1.807) is 30.3 Å². The van der Waals surface area contributed by atoms with Crippen molar-refractivity contribution in [2.24, 2.45) is 5.14 Å². The van der Waals surface area contributed by atoms with E-state index < -0.39 is 40.5 Å². The fourth-order valence-electron chi connectivity index (χ4n) is 2.12. The first-order chi connectivity index (χ1) is 13.2. The second-order valence-corrected chi connectivity index (χ2v) is 7.35. The van der Waals surface area contributed by atoms with E-state index in [4.69, 9.17) is 9.88 Å². The molecule has 0 fully saturated rings. The number of carbonyl (C=O) groups is 3. The monoisotopic (exact) mass is 405 g/mol. The number of nitrogens with two attached hydrogens (primary N) is 1. The molecule has 28 heavy (non-hydrogen) atoms. The molecule has 9 nitrogen and oxygen atoms in total. The molecule has 2 amide bonds. The smallest absolute Gasteiger partial charge is 0.328 e. The van der Waals surface area contributed by atoms with Gasteiger partial charge in [-0.1, -0.05) is 18.2 Å². The Kier molecular flexibility index (Phi) is 6.85. The first kappa shape index (κ1) is 21.1. The Morgan fingerprint density at radius 1 is 1.04 bits per heavy atom. The molecule has 10 heteroatoms. The third-order valence-corrected chi connectivity index (χ3v) is 4.48. The van der Waals surface area contributed by atoms with Crippen LogP contribution in [0, 0.1) is 0 Å². The van der Waals surface area contributed by atoms with E-state index in [9.17, 15) is 22.8 Å². The Balaban J connectivity index is 1.81. The van der Waals surface area contributed by atoms with Crippen LogP contribution >= 0.6 is 0 Å². The number of esters is 1. The van der Waals surface area contributed by atoms with Gasteiger partial charge in [0.05, 0.1) is 4.90 Å². The van der Waals surface area contributed by atoms with Crippen LogP contribution in [-0.4, -0.2) is 38.9 Å². The van der Waals surface area contributed by atoms with Crippen LogP contribution in [0.15, 0.2) is 59.5 Å². The molecule has 2 aromatic rings. The predicted molar refractivity (Wildman–Crippen MR) is 101 cm³/mol. The SMILES string of the molecule is C[C@@H](NC(=O)c1ccccc1)C(=O)OCC(=O)Nc1ccc(S(N)(=O)=O)cc1. The maximum atomic E-state index is 12.0. The highest BCUT2D eigenvalue weighted by Crippen LogP contribution is 2.12. The van der Waals surface area contributed by atoms with Crippen molar-refractivity contribution in [3.8, 4) is 0 Å². The normalized spacial score (nSPS) is 11.9. The predicted octanol–water partition coefficient (Wildman–Crippen LogP) is 0.634. The highest BCUT2D eigenvalue weighted by molar-refractivity contribution is 7.89. The van der Waals surface area contributed by atoms with E-state index in [-0.39, 0.29) is 4.90 Å². The van der Waals surface area contributed by atoms with Crippen LogP contribution in [0.5, 0.6) is 0 Å². The van der Waals surface area contributed by atoms with Crippen LogP contribution in [-0.2, 0) is 24.3 Å². The maximum Gasteiger partial charge on any atom is 0.328 e. The Labute approximate surface area is 161 Å². The number of hydrogen-bond donors (Lipinski definition) is 3. The number of hydrogen-bond acceptors (Lipinski definition) is 6. The van der Waals surface area contributed by atoms with Gasteiger partial charge in [0, 0.05) is 11.3 Å². The van der Waals surface area contributed by atoms with E-state index in [0.29, 0.717) is 11.3 Å². The number of anilines is 1. The van der Waals surface area contributed by atoms with Gasteiger partial charge in [-0.05, 0) is 43.3 Å². The number of nitrogens with one attached hydrogen (secondary N) is 2.